The molecule has 1 heterocycles. The first kappa shape index (κ1) is 11.1. The lowest BCUT2D eigenvalue weighted by Crippen LogP contribution is -2.26. The van der Waals surface area contributed by atoms with Crippen LogP contribution < -0.4 is 0 Å². The van der Waals surface area contributed by atoms with Crippen molar-refractivity contribution in [1.82, 2.24) is 0 Å². The van der Waals surface area contributed by atoms with Crippen LogP contribution in [-0.4, -0.2) is 10.5 Å². The van der Waals surface area contributed by atoms with Crippen molar-refractivity contribution in [3.8, 4) is 0 Å². The minimum atomic E-state index is 0.515. The van der Waals surface area contributed by atoms with Crippen LogP contribution in [-0.2, 0) is 0 Å². The molecule has 0 radical (unpaired) electrons. The predicted octanol–water partition coefficient (Wildman–Crippen LogP) is 4.47. The number of thioether (sulfide) groups is 1. The Morgan fingerprint density at radius 3 is 2.47 bits per heavy atom. The largest absolute Gasteiger partial charge is 0.155 e. The van der Waals surface area contributed by atoms with Crippen molar-refractivity contribution in [1.29, 1.82) is 0 Å². The van der Waals surface area contributed by atoms with E-state index in [0.717, 1.165) is 5.92 Å². The van der Waals surface area contributed by atoms with Gasteiger partial charge >= 0.3 is 0 Å². The zero-order valence-electron chi connectivity index (χ0n) is 9.70. The topological polar surface area (TPSA) is 0 Å². The monoisotopic (exact) mass is 220 g/mol. The fourth-order valence-electron chi connectivity index (χ4n) is 2.85. The van der Waals surface area contributed by atoms with Gasteiger partial charge in [0.1, 0.15) is 0 Å². The molecule has 1 fully saturated rings. The van der Waals surface area contributed by atoms with Crippen molar-refractivity contribution in [2.24, 2.45) is 0 Å². The van der Waals surface area contributed by atoms with Gasteiger partial charge in [-0.15, -0.1) is 0 Å². The van der Waals surface area contributed by atoms with Crippen molar-refractivity contribution >= 4 is 11.8 Å². The average Bonchev–Trinajstić information content (AvgIpc) is 2.74. The Kier molecular flexibility index (Phi) is 3.40. The van der Waals surface area contributed by atoms with Gasteiger partial charge in [-0.25, -0.2) is 0 Å². The first-order valence-electron chi connectivity index (χ1n) is 6.01. The van der Waals surface area contributed by atoms with Crippen molar-refractivity contribution in [3.05, 3.63) is 35.9 Å². The van der Waals surface area contributed by atoms with Crippen LogP contribution in [0.25, 0.3) is 0 Å². The van der Waals surface area contributed by atoms with E-state index in [2.05, 4.69) is 55.9 Å². The molecule has 0 N–H and O–H groups in total. The third-order valence-corrected chi connectivity index (χ3v) is 5.71. The van der Waals surface area contributed by atoms with Gasteiger partial charge < -0.3 is 0 Å². The summed E-state index contributed by atoms with van der Waals surface area (Å²) in [5, 5.41) is 0. The molecule has 1 aromatic rings. The van der Waals surface area contributed by atoms with E-state index in [-0.39, 0.29) is 0 Å². The van der Waals surface area contributed by atoms with Gasteiger partial charge in [0.15, 0.2) is 0 Å². The van der Waals surface area contributed by atoms with E-state index in [4.69, 9.17) is 0 Å². The van der Waals surface area contributed by atoms with Crippen LogP contribution in [0.2, 0.25) is 0 Å². The van der Waals surface area contributed by atoms with Gasteiger partial charge in [0.05, 0.1) is 0 Å². The number of rotatable bonds is 3. The minimum absolute atomic E-state index is 0.515. The first-order chi connectivity index (χ1) is 7.32. The summed E-state index contributed by atoms with van der Waals surface area (Å²) in [6.45, 7) is 4.69. The number of hydrogen-bond acceptors (Lipinski definition) is 1. The number of hydrogen-bond donors (Lipinski definition) is 0. The zero-order valence-corrected chi connectivity index (χ0v) is 10.5. The molecule has 1 aliphatic rings. The molecule has 1 heteroatoms. The molecule has 1 aliphatic heterocycles. The third-order valence-electron chi connectivity index (χ3n) is 3.83. The Morgan fingerprint density at radius 2 is 1.87 bits per heavy atom. The van der Waals surface area contributed by atoms with Crippen LogP contribution in [0, 0.1) is 0 Å². The van der Waals surface area contributed by atoms with E-state index in [9.17, 15) is 0 Å². The fourth-order valence-corrected chi connectivity index (χ4v) is 4.47. The Hall–Kier alpha value is -0.430. The van der Waals surface area contributed by atoms with Crippen molar-refractivity contribution in [2.45, 2.75) is 43.8 Å². The van der Waals surface area contributed by atoms with Gasteiger partial charge in [-0.2, -0.15) is 11.8 Å². The molecule has 1 aromatic carbocycles. The van der Waals surface area contributed by atoms with Gasteiger partial charge in [0.2, 0.25) is 0 Å². The quantitative estimate of drug-likeness (QED) is 0.724. The normalized spacial score (nSPS) is 24.3. The maximum atomic E-state index is 2.35. The lowest BCUT2D eigenvalue weighted by molar-refractivity contribution is 0.459. The second-order valence-corrected chi connectivity index (χ2v) is 5.88. The SMILES string of the molecule is CCC1(CC)SCCC1c1ccccc1. The van der Waals surface area contributed by atoms with Crippen molar-refractivity contribution in [2.75, 3.05) is 5.75 Å². The minimum Gasteiger partial charge on any atom is -0.155 e. The highest BCUT2D eigenvalue weighted by molar-refractivity contribution is 8.01. The summed E-state index contributed by atoms with van der Waals surface area (Å²) in [6, 6.07) is 11.1. The highest BCUT2D eigenvalue weighted by Gasteiger charge is 2.41. The maximum Gasteiger partial charge on any atom is 0.0223 e. The van der Waals surface area contributed by atoms with E-state index in [1.165, 1.54) is 25.0 Å². The molecule has 0 aliphatic carbocycles. The molecule has 1 saturated heterocycles. The van der Waals surface area contributed by atoms with Crippen LogP contribution in [0.15, 0.2) is 30.3 Å². The van der Waals surface area contributed by atoms with Crippen LogP contribution in [0.5, 0.6) is 0 Å². The average molecular weight is 220 g/mol. The lowest BCUT2D eigenvalue weighted by Gasteiger charge is -2.33. The Morgan fingerprint density at radius 1 is 1.20 bits per heavy atom. The molecule has 0 saturated carbocycles. The summed E-state index contributed by atoms with van der Waals surface area (Å²) in [5.74, 6) is 2.11. The molecule has 0 amide bonds. The summed E-state index contributed by atoms with van der Waals surface area (Å²) in [4.78, 5) is 0. The molecule has 15 heavy (non-hydrogen) atoms. The van der Waals surface area contributed by atoms with E-state index >= 15 is 0 Å². The van der Waals surface area contributed by atoms with Crippen LogP contribution in [0.4, 0.5) is 0 Å². The van der Waals surface area contributed by atoms with Gasteiger partial charge in [0, 0.05) is 4.75 Å². The zero-order chi connectivity index (χ0) is 10.7. The van der Waals surface area contributed by atoms with E-state index in [1.807, 2.05) is 0 Å². The summed E-state index contributed by atoms with van der Waals surface area (Å²) in [7, 11) is 0. The van der Waals surface area contributed by atoms with E-state index in [1.54, 1.807) is 5.56 Å². The Labute approximate surface area is 97.5 Å². The van der Waals surface area contributed by atoms with E-state index in [0.29, 0.717) is 4.75 Å². The van der Waals surface area contributed by atoms with Gasteiger partial charge in [-0.3, -0.25) is 0 Å². The summed E-state index contributed by atoms with van der Waals surface area (Å²) < 4.78 is 0.515. The summed E-state index contributed by atoms with van der Waals surface area (Å²) in [6.07, 6.45) is 3.96. The van der Waals surface area contributed by atoms with Crippen molar-refractivity contribution in [3.63, 3.8) is 0 Å². The molecular formula is C14H20S. The molecule has 1 unspecified atom stereocenters. The molecular weight excluding hydrogens is 200 g/mol. The number of benzene rings is 1. The van der Waals surface area contributed by atoms with Gasteiger partial charge in [-0.1, -0.05) is 44.2 Å². The second kappa shape index (κ2) is 4.61. The molecule has 2 rings (SSSR count). The summed E-state index contributed by atoms with van der Waals surface area (Å²) >= 11 is 2.19. The smallest absolute Gasteiger partial charge is 0.0223 e. The van der Waals surface area contributed by atoms with Gasteiger partial charge in [0.25, 0.3) is 0 Å². The molecule has 0 bridgehead atoms. The lowest BCUT2D eigenvalue weighted by atomic mass is 9.80. The molecule has 82 valence electrons. The molecule has 0 aromatic heterocycles. The Bertz CT molecular complexity index is 300. The predicted molar refractivity (Wildman–Crippen MR) is 69.6 cm³/mol. The Balaban J connectivity index is 2.29. The van der Waals surface area contributed by atoms with Crippen molar-refractivity contribution < 1.29 is 0 Å². The second-order valence-electron chi connectivity index (χ2n) is 4.37. The van der Waals surface area contributed by atoms with Crippen LogP contribution >= 0.6 is 11.8 Å². The van der Waals surface area contributed by atoms with Crippen LogP contribution in [0.3, 0.4) is 0 Å². The maximum absolute atomic E-state index is 2.35. The molecule has 0 spiro atoms. The highest BCUT2D eigenvalue weighted by atomic mass is 32.2. The van der Waals surface area contributed by atoms with Gasteiger partial charge in [-0.05, 0) is 36.5 Å². The first-order valence-corrected chi connectivity index (χ1v) is 7.00. The molecule has 1 atom stereocenters. The van der Waals surface area contributed by atoms with Crippen LogP contribution in [0.1, 0.15) is 44.6 Å². The third kappa shape index (κ3) is 1.94. The summed E-state index contributed by atoms with van der Waals surface area (Å²) in [5.41, 5.74) is 1.55. The molecule has 0 nitrogen and oxygen atoms in total. The highest BCUT2D eigenvalue weighted by Crippen LogP contribution is 2.52. The van der Waals surface area contributed by atoms with E-state index < -0.39 is 0 Å². The standard InChI is InChI=1S/C14H20S/c1-3-14(4-2)13(10-11-15-14)12-8-6-5-7-9-12/h5-9,13H,3-4,10-11H2,1-2H3. The fraction of sp³-hybridized carbons (Fsp3) is 0.571.